The van der Waals surface area contributed by atoms with Gasteiger partial charge in [-0.15, -0.1) is 0 Å². The Labute approximate surface area is 176 Å². The largest absolute Gasteiger partial charge is 0.480 e. The van der Waals surface area contributed by atoms with E-state index in [0.717, 1.165) is 5.56 Å². The van der Waals surface area contributed by atoms with Gasteiger partial charge >= 0.3 is 12.1 Å². The Kier molecular flexibility index (Phi) is 9.39. The molecule has 1 aromatic rings. The second-order valence-corrected chi connectivity index (χ2v) is 8.20. The average Bonchev–Trinajstić information content (AvgIpc) is 2.61. The quantitative estimate of drug-likeness (QED) is 0.558. The number of hydrogen-bond acceptors (Lipinski definition) is 5. The van der Waals surface area contributed by atoms with E-state index in [0.29, 0.717) is 11.4 Å². The topological polar surface area (TPSA) is 108 Å². The molecular weight excluding hydrogens is 398 g/mol. The van der Waals surface area contributed by atoms with Crippen molar-refractivity contribution in [2.45, 2.75) is 51.3 Å². The first-order valence-electron chi connectivity index (χ1n) is 9.30. The summed E-state index contributed by atoms with van der Waals surface area (Å²) in [4.78, 5) is 37.4. The normalized spacial score (nSPS) is 13.3. The molecule has 2 unspecified atom stereocenters. The Morgan fingerprint density at radius 3 is 2.28 bits per heavy atom. The molecule has 0 fully saturated rings. The van der Waals surface area contributed by atoms with Crippen molar-refractivity contribution >= 4 is 29.6 Å². The lowest BCUT2D eigenvalue weighted by Gasteiger charge is -2.30. The number of hydrogen-bond donors (Lipinski definition) is 3. The van der Waals surface area contributed by atoms with Gasteiger partial charge in [-0.2, -0.15) is 0 Å². The van der Waals surface area contributed by atoms with Crippen LogP contribution in [0.1, 0.15) is 32.8 Å². The predicted molar refractivity (Wildman–Crippen MR) is 111 cm³/mol. The van der Waals surface area contributed by atoms with Crippen LogP contribution in [0.4, 0.5) is 4.79 Å². The number of carbonyl (C=O) groups is 3. The lowest BCUT2D eigenvalue weighted by molar-refractivity contribution is -0.139. The number of halogens is 1. The molecule has 0 aliphatic rings. The molecule has 2 amide bonds. The summed E-state index contributed by atoms with van der Waals surface area (Å²) >= 11 is 5.93. The summed E-state index contributed by atoms with van der Waals surface area (Å²) in [5.74, 6) is -1.42. The minimum Gasteiger partial charge on any atom is -0.480 e. The molecule has 8 nitrogen and oxygen atoms in total. The maximum absolute atomic E-state index is 12.5. The number of amides is 2. The molecule has 29 heavy (non-hydrogen) atoms. The van der Waals surface area contributed by atoms with E-state index in [2.05, 4.69) is 10.6 Å². The van der Waals surface area contributed by atoms with E-state index < -0.39 is 29.7 Å². The molecule has 0 heterocycles. The second kappa shape index (κ2) is 11.0. The molecule has 162 valence electrons. The molecule has 0 aromatic heterocycles. The first-order valence-corrected chi connectivity index (χ1v) is 9.67. The maximum Gasteiger partial charge on any atom is 0.410 e. The van der Waals surface area contributed by atoms with Gasteiger partial charge in [0.05, 0.1) is 0 Å². The lowest BCUT2D eigenvalue weighted by Crippen LogP contribution is -2.47. The number of carbonyl (C=O) groups excluding carboxylic acids is 2. The highest BCUT2D eigenvalue weighted by atomic mass is 35.5. The van der Waals surface area contributed by atoms with E-state index in [-0.39, 0.29) is 18.9 Å². The number of carboxylic acids is 1. The van der Waals surface area contributed by atoms with Crippen molar-refractivity contribution in [1.82, 2.24) is 15.5 Å². The van der Waals surface area contributed by atoms with Gasteiger partial charge in [0.25, 0.3) is 0 Å². The Hall–Kier alpha value is -2.32. The van der Waals surface area contributed by atoms with Crippen molar-refractivity contribution in [1.29, 1.82) is 0 Å². The minimum absolute atomic E-state index is 0.00553. The number of carboxylic acid groups (broad SMARTS) is 1. The van der Waals surface area contributed by atoms with Crippen LogP contribution in [0.3, 0.4) is 0 Å². The number of aliphatic carboxylic acids is 1. The van der Waals surface area contributed by atoms with Crippen LogP contribution in [0.15, 0.2) is 24.3 Å². The third-order valence-electron chi connectivity index (χ3n) is 4.18. The summed E-state index contributed by atoms with van der Waals surface area (Å²) in [5.41, 5.74) is 0.237. The lowest BCUT2D eigenvalue weighted by atomic mass is 10.0. The van der Waals surface area contributed by atoms with E-state index in [1.54, 1.807) is 40.0 Å². The van der Waals surface area contributed by atoms with Crippen molar-refractivity contribution in [2.24, 2.45) is 0 Å². The van der Waals surface area contributed by atoms with Gasteiger partial charge in [-0.05, 0) is 51.9 Å². The van der Waals surface area contributed by atoms with Crippen molar-refractivity contribution in [2.75, 3.05) is 20.6 Å². The average molecular weight is 428 g/mol. The molecular formula is C20H30ClN3O5. The van der Waals surface area contributed by atoms with Crippen LogP contribution in [0.25, 0.3) is 0 Å². The molecule has 0 bridgehead atoms. The molecule has 0 saturated carbocycles. The van der Waals surface area contributed by atoms with Crippen LogP contribution in [-0.4, -0.2) is 66.3 Å². The molecule has 3 N–H and O–H groups in total. The number of nitrogens with one attached hydrogen (secondary N) is 2. The van der Waals surface area contributed by atoms with E-state index in [1.165, 1.54) is 11.9 Å². The fourth-order valence-corrected chi connectivity index (χ4v) is 2.66. The number of nitrogens with zero attached hydrogens (tertiary/aromatic N) is 1. The van der Waals surface area contributed by atoms with Gasteiger partial charge < -0.3 is 25.4 Å². The summed E-state index contributed by atoms with van der Waals surface area (Å²) in [6, 6.07) is 5.77. The molecule has 0 aliphatic carbocycles. The second-order valence-electron chi connectivity index (χ2n) is 7.76. The van der Waals surface area contributed by atoms with Crippen LogP contribution in [0, 0.1) is 0 Å². The zero-order chi connectivity index (χ0) is 22.2. The first kappa shape index (κ1) is 24.7. The number of likely N-dealkylation sites (N-methyl/N-ethyl adjacent to an activating group) is 2. The van der Waals surface area contributed by atoms with Gasteiger partial charge in [-0.3, -0.25) is 9.59 Å². The van der Waals surface area contributed by atoms with E-state index in [4.69, 9.17) is 21.4 Å². The highest BCUT2D eigenvalue weighted by Gasteiger charge is 2.27. The number of rotatable bonds is 9. The molecule has 0 radical (unpaired) electrons. The van der Waals surface area contributed by atoms with Crippen LogP contribution >= 0.6 is 11.6 Å². The van der Waals surface area contributed by atoms with Crippen molar-refractivity contribution in [3.63, 3.8) is 0 Å². The zero-order valence-corrected chi connectivity index (χ0v) is 18.2. The van der Waals surface area contributed by atoms with Crippen LogP contribution in [0.2, 0.25) is 5.02 Å². The van der Waals surface area contributed by atoms with E-state index >= 15 is 0 Å². The van der Waals surface area contributed by atoms with Crippen molar-refractivity contribution < 1.29 is 24.2 Å². The highest BCUT2D eigenvalue weighted by molar-refractivity contribution is 6.30. The first-order chi connectivity index (χ1) is 13.4. The Morgan fingerprint density at radius 1 is 1.21 bits per heavy atom. The van der Waals surface area contributed by atoms with Gasteiger partial charge in [0.2, 0.25) is 5.91 Å². The van der Waals surface area contributed by atoms with Gasteiger partial charge in [0.15, 0.2) is 0 Å². The molecule has 2 atom stereocenters. The Balaban J connectivity index is 2.88. The summed E-state index contributed by atoms with van der Waals surface area (Å²) in [5, 5.41) is 14.9. The Morgan fingerprint density at radius 2 is 1.79 bits per heavy atom. The zero-order valence-electron chi connectivity index (χ0n) is 17.5. The molecule has 9 heteroatoms. The maximum atomic E-state index is 12.5. The van der Waals surface area contributed by atoms with Gasteiger partial charge in [-0.1, -0.05) is 23.7 Å². The van der Waals surface area contributed by atoms with Gasteiger partial charge in [0, 0.05) is 31.1 Å². The Bertz CT molecular complexity index is 703. The third kappa shape index (κ3) is 9.15. The summed E-state index contributed by atoms with van der Waals surface area (Å²) in [6.07, 6.45) is -0.133. The van der Waals surface area contributed by atoms with Gasteiger partial charge in [-0.25, -0.2) is 4.79 Å². The summed E-state index contributed by atoms with van der Waals surface area (Å²) in [7, 11) is 3.08. The SMILES string of the molecule is CNC(CNC(=O)CC(Cc1ccc(Cl)cc1)N(C)C(=O)OC(C)(C)C)C(=O)O. The molecule has 0 spiro atoms. The molecule has 1 rings (SSSR count). The standard InChI is InChI=1S/C20H30ClN3O5/c1-20(2,3)29-19(28)24(5)15(10-13-6-8-14(21)9-7-13)11-17(25)23-12-16(22-4)18(26)27/h6-9,15-16,22H,10-12H2,1-5H3,(H,23,25)(H,26,27). The van der Waals surface area contributed by atoms with Crippen LogP contribution < -0.4 is 10.6 Å². The highest BCUT2D eigenvalue weighted by Crippen LogP contribution is 2.17. The summed E-state index contributed by atoms with van der Waals surface area (Å²) in [6.45, 7) is 5.24. The van der Waals surface area contributed by atoms with Crippen molar-refractivity contribution in [3.8, 4) is 0 Å². The third-order valence-corrected chi connectivity index (χ3v) is 4.44. The number of ether oxygens (including phenoxy) is 1. The summed E-state index contributed by atoms with van der Waals surface area (Å²) < 4.78 is 5.41. The van der Waals surface area contributed by atoms with E-state index in [9.17, 15) is 14.4 Å². The molecule has 1 aromatic carbocycles. The number of benzene rings is 1. The minimum atomic E-state index is -1.06. The molecule has 0 aliphatic heterocycles. The van der Waals surface area contributed by atoms with E-state index in [1.807, 2.05) is 12.1 Å². The van der Waals surface area contributed by atoms with Crippen LogP contribution in [0.5, 0.6) is 0 Å². The smallest absolute Gasteiger partial charge is 0.410 e. The fraction of sp³-hybridized carbons (Fsp3) is 0.550. The van der Waals surface area contributed by atoms with Crippen molar-refractivity contribution in [3.05, 3.63) is 34.9 Å². The predicted octanol–water partition coefficient (Wildman–Crippen LogP) is 2.30. The van der Waals surface area contributed by atoms with Crippen LogP contribution in [-0.2, 0) is 20.7 Å². The monoisotopic (exact) mass is 427 g/mol. The fourth-order valence-electron chi connectivity index (χ4n) is 2.54. The van der Waals surface area contributed by atoms with Gasteiger partial charge in [0.1, 0.15) is 11.6 Å². The molecule has 0 saturated heterocycles.